The molecule has 3 heterocycles. The van der Waals surface area contributed by atoms with Gasteiger partial charge in [0, 0.05) is 24.5 Å². The molecule has 2 aromatic heterocycles. The summed E-state index contributed by atoms with van der Waals surface area (Å²) in [7, 11) is 0. The summed E-state index contributed by atoms with van der Waals surface area (Å²) in [5.41, 5.74) is 6.81. The molecule has 1 N–H and O–H groups in total. The molecule has 1 unspecified atom stereocenters. The zero-order chi connectivity index (χ0) is 26.4. The number of ketones is 1. The molecule has 2 aromatic carbocycles. The van der Waals surface area contributed by atoms with Gasteiger partial charge in [0.15, 0.2) is 5.78 Å². The van der Waals surface area contributed by atoms with E-state index in [0.29, 0.717) is 24.5 Å². The van der Waals surface area contributed by atoms with Gasteiger partial charge in [-0.15, -0.1) is 0 Å². The van der Waals surface area contributed by atoms with Crippen LogP contribution in [-0.2, 0) is 29.0 Å². The van der Waals surface area contributed by atoms with Crippen LogP contribution in [0.3, 0.4) is 0 Å². The number of aromatic nitrogens is 3. The number of aryl methyl sites for hydroxylation is 3. The molecule has 1 aliphatic heterocycles. The van der Waals surface area contributed by atoms with E-state index in [1.54, 1.807) is 15.6 Å². The van der Waals surface area contributed by atoms with E-state index in [-0.39, 0.29) is 24.1 Å². The number of hydrogen-bond acceptors (Lipinski definition) is 5. The highest BCUT2D eigenvalue weighted by molar-refractivity contribution is 6.06. The molecule has 2 aliphatic rings. The first-order chi connectivity index (χ1) is 18.4. The van der Waals surface area contributed by atoms with Crippen LogP contribution >= 0.6 is 0 Å². The summed E-state index contributed by atoms with van der Waals surface area (Å²) in [6, 6.07) is 17.4. The maximum Gasteiger partial charge on any atom is 0.248 e. The van der Waals surface area contributed by atoms with Gasteiger partial charge in [0.1, 0.15) is 24.1 Å². The van der Waals surface area contributed by atoms with E-state index >= 15 is 0 Å². The fraction of sp³-hybridized carbons (Fsp3) is 0.300. The Labute approximate surface area is 220 Å². The zero-order valence-corrected chi connectivity index (χ0v) is 21.5. The molecule has 1 atom stereocenters. The van der Waals surface area contributed by atoms with Crippen molar-refractivity contribution in [2.75, 3.05) is 11.9 Å². The van der Waals surface area contributed by atoms with Crippen molar-refractivity contribution in [3.05, 3.63) is 77.1 Å². The largest absolute Gasteiger partial charge is 0.329 e. The van der Waals surface area contributed by atoms with Crippen LogP contribution in [0.4, 0.5) is 5.82 Å². The first-order valence-electron chi connectivity index (χ1n) is 13.0. The van der Waals surface area contributed by atoms with Gasteiger partial charge in [-0.05, 0) is 79.1 Å². The van der Waals surface area contributed by atoms with Gasteiger partial charge in [-0.1, -0.05) is 30.3 Å². The van der Waals surface area contributed by atoms with Gasteiger partial charge in [-0.3, -0.25) is 19.1 Å². The molecule has 6 rings (SSSR count). The van der Waals surface area contributed by atoms with Crippen LogP contribution in [0.15, 0.2) is 54.6 Å². The summed E-state index contributed by atoms with van der Waals surface area (Å²) >= 11 is 0. The molecular formula is C30H29N5O3. The van der Waals surface area contributed by atoms with Crippen molar-refractivity contribution >= 4 is 34.3 Å². The summed E-state index contributed by atoms with van der Waals surface area (Å²) in [5, 5.41) is 8.06. The maximum atomic E-state index is 13.2. The van der Waals surface area contributed by atoms with Gasteiger partial charge < -0.3 is 10.2 Å². The number of likely N-dealkylation sites (tertiary alicyclic amines) is 1. The molecule has 0 bridgehead atoms. The Bertz CT molecular complexity index is 1600. The fourth-order valence-electron chi connectivity index (χ4n) is 5.49. The van der Waals surface area contributed by atoms with Crippen molar-refractivity contribution in [1.82, 2.24) is 19.7 Å². The molecule has 0 spiro atoms. The zero-order valence-electron chi connectivity index (χ0n) is 21.5. The number of benzene rings is 2. The van der Waals surface area contributed by atoms with Crippen LogP contribution < -0.4 is 5.32 Å². The predicted octanol–water partition coefficient (Wildman–Crippen LogP) is 4.34. The molecule has 1 saturated heterocycles. The van der Waals surface area contributed by atoms with Gasteiger partial charge >= 0.3 is 0 Å². The third-order valence-electron chi connectivity index (χ3n) is 7.58. The highest BCUT2D eigenvalue weighted by Gasteiger charge is 2.38. The Morgan fingerprint density at radius 1 is 1.00 bits per heavy atom. The van der Waals surface area contributed by atoms with Crippen molar-refractivity contribution in [2.24, 2.45) is 0 Å². The average molecular weight is 508 g/mol. The minimum Gasteiger partial charge on any atom is -0.329 e. The lowest BCUT2D eigenvalue weighted by molar-refractivity contribution is -0.145. The lowest BCUT2D eigenvalue weighted by Crippen LogP contribution is -2.57. The normalized spacial score (nSPS) is 16.3. The maximum absolute atomic E-state index is 13.2. The van der Waals surface area contributed by atoms with Crippen molar-refractivity contribution in [3.63, 3.8) is 0 Å². The van der Waals surface area contributed by atoms with Crippen molar-refractivity contribution in [3.8, 4) is 11.1 Å². The highest BCUT2D eigenvalue weighted by atomic mass is 16.2. The molecule has 192 valence electrons. The van der Waals surface area contributed by atoms with E-state index in [1.807, 2.05) is 37.3 Å². The number of amides is 2. The molecule has 8 nitrogen and oxygen atoms in total. The molecule has 4 aromatic rings. The summed E-state index contributed by atoms with van der Waals surface area (Å²) < 4.78 is 1.58. The first kappa shape index (κ1) is 24.0. The Balaban J connectivity index is 1.23. The predicted molar refractivity (Wildman–Crippen MR) is 145 cm³/mol. The molecular weight excluding hydrogens is 478 g/mol. The van der Waals surface area contributed by atoms with Gasteiger partial charge in [0.2, 0.25) is 11.8 Å². The Hall–Kier alpha value is -4.33. The number of nitrogens with one attached hydrogen (secondary N) is 1. The number of nitrogens with zero attached hydrogens (tertiary/aromatic N) is 4. The summed E-state index contributed by atoms with van der Waals surface area (Å²) in [5.74, 6) is -0.149. The number of fused-ring (bicyclic) bond motifs is 2. The smallest absolute Gasteiger partial charge is 0.248 e. The van der Waals surface area contributed by atoms with Gasteiger partial charge in [-0.25, -0.2) is 4.98 Å². The number of pyridine rings is 1. The Kier molecular flexibility index (Phi) is 6.02. The number of anilines is 1. The third kappa shape index (κ3) is 4.36. The van der Waals surface area contributed by atoms with Crippen LogP contribution in [0.25, 0.3) is 22.0 Å². The average Bonchev–Trinajstić information content (AvgIpc) is 3.47. The van der Waals surface area contributed by atoms with Gasteiger partial charge in [0.25, 0.3) is 0 Å². The van der Waals surface area contributed by atoms with Crippen molar-refractivity contribution in [1.29, 1.82) is 0 Å². The third-order valence-corrected chi connectivity index (χ3v) is 7.58. The van der Waals surface area contributed by atoms with Crippen LogP contribution in [0.1, 0.15) is 47.1 Å². The second kappa shape index (κ2) is 9.52. The fourth-order valence-corrected chi connectivity index (χ4v) is 5.49. The number of carbonyl (C=O) groups excluding carboxylic acids is 3. The van der Waals surface area contributed by atoms with E-state index in [4.69, 9.17) is 0 Å². The van der Waals surface area contributed by atoms with E-state index in [9.17, 15) is 14.4 Å². The second-order valence-electron chi connectivity index (χ2n) is 10.2. The Morgan fingerprint density at radius 2 is 1.79 bits per heavy atom. The molecule has 38 heavy (non-hydrogen) atoms. The van der Waals surface area contributed by atoms with Crippen LogP contribution in [0.2, 0.25) is 0 Å². The molecule has 0 radical (unpaired) electrons. The van der Waals surface area contributed by atoms with Crippen molar-refractivity contribution < 1.29 is 14.4 Å². The van der Waals surface area contributed by atoms with Gasteiger partial charge in [0.05, 0.1) is 5.52 Å². The minimum absolute atomic E-state index is 0.0472. The van der Waals surface area contributed by atoms with Crippen LogP contribution in [0, 0.1) is 6.92 Å². The van der Waals surface area contributed by atoms with E-state index in [1.165, 1.54) is 24.5 Å². The molecule has 1 fully saturated rings. The lowest BCUT2D eigenvalue weighted by atomic mass is 9.99. The molecule has 2 amide bonds. The molecule has 8 heteroatoms. The summed E-state index contributed by atoms with van der Waals surface area (Å²) in [6.07, 6.45) is 4.01. The molecule has 0 saturated carbocycles. The van der Waals surface area contributed by atoms with Crippen LogP contribution in [0.5, 0.6) is 0 Å². The summed E-state index contributed by atoms with van der Waals surface area (Å²) in [4.78, 5) is 44.4. The first-order valence-corrected chi connectivity index (χ1v) is 13.0. The second-order valence-corrected chi connectivity index (χ2v) is 10.2. The van der Waals surface area contributed by atoms with Crippen LogP contribution in [-0.4, -0.2) is 49.8 Å². The quantitative estimate of drug-likeness (QED) is 0.392. The summed E-state index contributed by atoms with van der Waals surface area (Å²) in [6.45, 7) is 3.80. The Morgan fingerprint density at radius 3 is 2.55 bits per heavy atom. The van der Waals surface area contributed by atoms with E-state index in [0.717, 1.165) is 40.6 Å². The standard InChI is InChI=1S/C30H29N5O3/c1-18-5-3-8-27(31-18)32-30(38)26-13-14-34(26)28(37)17-35-25-12-11-23(16-24(25)29(33-35)19(2)36)22-10-9-20-6-4-7-21(20)15-22/h3,5,8-12,15-16,26H,4,6-7,13-14,17H2,1-2H3,(H,31,32,38). The SMILES string of the molecule is CC(=O)c1nn(CC(=O)N2CCC2C(=O)Nc2cccc(C)n2)c2ccc(-c3ccc4c(c3)CCC4)cc12. The van der Waals surface area contributed by atoms with Crippen molar-refractivity contribution in [2.45, 2.75) is 52.1 Å². The van der Waals surface area contributed by atoms with E-state index < -0.39 is 6.04 Å². The number of rotatable bonds is 6. The highest BCUT2D eigenvalue weighted by Crippen LogP contribution is 2.31. The lowest BCUT2D eigenvalue weighted by Gasteiger charge is -2.39. The van der Waals surface area contributed by atoms with Gasteiger partial charge in [-0.2, -0.15) is 5.10 Å². The number of hydrogen-bond donors (Lipinski definition) is 1. The molecule has 1 aliphatic carbocycles. The number of Topliss-reactive ketones (excluding diaryl/α,β-unsaturated/α-hetero) is 1. The minimum atomic E-state index is -0.551. The number of carbonyl (C=O) groups is 3. The van der Waals surface area contributed by atoms with E-state index in [2.05, 4.69) is 33.6 Å². The monoisotopic (exact) mass is 507 g/mol. The topological polar surface area (TPSA) is 97.2 Å².